The third-order valence-corrected chi connectivity index (χ3v) is 3.14. The van der Waals surface area contributed by atoms with Crippen LogP contribution in [0.1, 0.15) is 10.5 Å². The molecule has 100 valence electrons. The Labute approximate surface area is 111 Å². The van der Waals surface area contributed by atoms with E-state index >= 15 is 0 Å². The van der Waals surface area contributed by atoms with Gasteiger partial charge < -0.3 is 16.4 Å². The van der Waals surface area contributed by atoms with E-state index in [-0.39, 0.29) is 24.6 Å². The molecule has 2 rings (SSSR count). The van der Waals surface area contributed by atoms with Gasteiger partial charge in [0.25, 0.3) is 0 Å². The molecule has 4 N–H and O–H groups in total. The van der Waals surface area contributed by atoms with Crippen LogP contribution in [-0.4, -0.2) is 40.6 Å². The van der Waals surface area contributed by atoms with Crippen molar-refractivity contribution in [2.45, 2.75) is 0 Å². The van der Waals surface area contributed by atoms with Crippen molar-refractivity contribution >= 4 is 40.2 Å². The molecule has 0 unspecified atom stereocenters. The third kappa shape index (κ3) is 2.55. The van der Waals surface area contributed by atoms with Crippen LogP contribution in [0.15, 0.2) is 11.6 Å². The average Bonchev–Trinajstić information content (AvgIpc) is 2.85. The number of imidazole rings is 1. The molecule has 2 amide bonds. The second kappa shape index (κ2) is 5.06. The van der Waals surface area contributed by atoms with Crippen molar-refractivity contribution in [3.8, 4) is 0 Å². The Hall–Kier alpha value is -2.42. The molecular formula is C10H11N5O3S. The fourth-order valence-corrected chi connectivity index (χ4v) is 2.43. The van der Waals surface area contributed by atoms with Gasteiger partial charge in [0.15, 0.2) is 17.1 Å². The summed E-state index contributed by atoms with van der Waals surface area (Å²) in [7, 11) is 0. The molecule has 0 spiro atoms. The second-order valence-electron chi connectivity index (χ2n) is 3.78. The van der Waals surface area contributed by atoms with E-state index in [1.165, 1.54) is 16.2 Å². The number of thiazole rings is 1. The largest absolute Gasteiger partial charge is 0.368 e. The van der Waals surface area contributed by atoms with Crippen molar-refractivity contribution in [3.05, 3.63) is 17.3 Å². The Morgan fingerprint density at radius 2 is 2.00 bits per heavy atom. The van der Waals surface area contributed by atoms with Gasteiger partial charge >= 0.3 is 0 Å². The lowest BCUT2D eigenvalue weighted by molar-refractivity contribution is -0.117. The summed E-state index contributed by atoms with van der Waals surface area (Å²) in [6.07, 6.45) is 2.28. The lowest BCUT2D eigenvalue weighted by atomic mass is 10.3. The Morgan fingerprint density at radius 1 is 1.37 bits per heavy atom. The van der Waals surface area contributed by atoms with E-state index in [2.05, 4.69) is 4.98 Å². The summed E-state index contributed by atoms with van der Waals surface area (Å²) in [6.45, 7) is -0.483. The molecule has 0 saturated heterocycles. The monoisotopic (exact) mass is 281 g/mol. The maximum absolute atomic E-state index is 11.2. The summed E-state index contributed by atoms with van der Waals surface area (Å²) in [5.41, 5.74) is 10.5. The summed E-state index contributed by atoms with van der Waals surface area (Å²) in [6, 6.07) is 0. The average molecular weight is 281 g/mol. The molecule has 0 bridgehead atoms. The zero-order chi connectivity index (χ0) is 14.0. The van der Waals surface area contributed by atoms with E-state index in [0.717, 1.165) is 0 Å². The zero-order valence-electron chi connectivity index (χ0n) is 9.78. The smallest absolute Gasteiger partial charge is 0.237 e. The Morgan fingerprint density at radius 3 is 2.53 bits per heavy atom. The van der Waals surface area contributed by atoms with Gasteiger partial charge in [0.1, 0.15) is 5.69 Å². The topological polar surface area (TPSA) is 124 Å². The first-order valence-electron chi connectivity index (χ1n) is 5.25. The molecule has 0 radical (unpaired) electrons. The third-order valence-electron chi connectivity index (χ3n) is 2.38. The number of carbonyl (C=O) groups excluding carboxylic acids is 3. The first-order chi connectivity index (χ1) is 9.02. The number of nitrogens with zero attached hydrogens (tertiary/aromatic N) is 3. The van der Waals surface area contributed by atoms with Crippen LogP contribution in [0.3, 0.4) is 0 Å². The van der Waals surface area contributed by atoms with Crippen LogP contribution < -0.4 is 16.4 Å². The maximum atomic E-state index is 11.2. The molecule has 0 aromatic carbocycles. The summed E-state index contributed by atoms with van der Waals surface area (Å²) in [4.78, 5) is 39.3. The lowest BCUT2D eigenvalue weighted by Gasteiger charge is -2.19. The highest BCUT2D eigenvalue weighted by molar-refractivity contribution is 7.15. The fraction of sp³-hybridized carbons (Fsp3) is 0.200. The number of hydrogen-bond donors (Lipinski definition) is 2. The van der Waals surface area contributed by atoms with E-state index in [9.17, 15) is 14.4 Å². The van der Waals surface area contributed by atoms with Crippen molar-refractivity contribution in [1.82, 2.24) is 9.38 Å². The predicted molar refractivity (Wildman–Crippen MR) is 69.1 cm³/mol. The number of carbonyl (C=O) groups is 3. The van der Waals surface area contributed by atoms with Crippen LogP contribution in [-0.2, 0) is 9.59 Å². The number of hydrogen-bond acceptors (Lipinski definition) is 6. The zero-order valence-corrected chi connectivity index (χ0v) is 10.6. The van der Waals surface area contributed by atoms with Gasteiger partial charge in [0, 0.05) is 11.6 Å². The molecule has 0 aliphatic rings. The number of primary amides is 2. The number of aromatic nitrogens is 2. The van der Waals surface area contributed by atoms with Crippen LogP contribution in [0.4, 0.5) is 5.82 Å². The highest BCUT2D eigenvalue weighted by Gasteiger charge is 2.21. The van der Waals surface area contributed by atoms with Crippen LogP contribution in [0, 0.1) is 0 Å². The molecule has 2 aromatic heterocycles. The molecule has 2 heterocycles. The minimum atomic E-state index is -0.644. The van der Waals surface area contributed by atoms with E-state index in [1.54, 1.807) is 16.0 Å². The van der Waals surface area contributed by atoms with Crippen molar-refractivity contribution in [3.63, 3.8) is 0 Å². The Balaban J connectivity index is 2.47. The number of amides is 2. The van der Waals surface area contributed by atoms with Gasteiger partial charge in [-0.2, -0.15) is 0 Å². The summed E-state index contributed by atoms with van der Waals surface area (Å²) in [5.74, 6) is -1.07. The van der Waals surface area contributed by atoms with Gasteiger partial charge in [0.2, 0.25) is 11.8 Å². The van der Waals surface area contributed by atoms with E-state index in [1.807, 2.05) is 0 Å². The standard InChI is InChI=1S/C10H11N5O3S/c11-7(17)3-14(4-8(12)18)9-6(5-16)15-1-2-19-10(15)13-9/h1-2,5H,3-4H2,(H2,11,17)(H2,12,18). The first-order valence-corrected chi connectivity index (χ1v) is 6.13. The minimum absolute atomic E-state index is 0.222. The van der Waals surface area contributed by atoms with Crippen molar-refractivity contribution in [2.75, 3.05) is 18.0 Å². The lowest BCUT2D eigenvalue weighted by Crippen LogP contribution is -2.40. The van der Waals surface area contributed by atoms with E-state index in [0.29, 0.717) is 11.2 Å². The predicted octanol–water partition coefficient (Wildman–Crippen LogP) is -1.01. The normalized spacial score (nSPS) is 10.5. The van der Waals surface area contributed by atoms with Gasteiger partial charge in [-0.1, -0.05) is 0 Å². The number of aldehydes is 1. The van der Waals surface area contributed by atoms with E-state index in [4.69, 9.17) is 11.5 Å². The van der Waals surface area contributed by atoms with Crippen LogP contribution in [0.2, 0.25) is 0 Å². The summed E-state index contributed by atoms with van der Waals surface area (Å²) in [5, 5.41) is 1.77. The maximum Gasteiger partial charge on any atom is 0.237 e. The Kier molecular flexibility index (Phi) is 3.47. The summed E-state index contributed by atoms with van der Waals surface area (Å²) < 4.78 is 1.57. The second-order valence-corrected chi connectivity index (χ2v) is 4.66. The molecule has 0 fully saturated rings. The molecule has 0 atom stereocenters. The van der Waals surface area contributed by atoms with Gasteiger partial charge in [-0.15, -0.1) is 11.3 Å². The van der Waals surface area contributed by atoms with Gasteiger partial charge in [0.05, 0.1) is 13.1 Å². The van der Waals surface area contributed by atoms with Crippen LogP contribution >= 0.6 is 11.3 Å². The van der Waals surface area contributed by atoms with Crippen LogP contribution in [0.5, 0.6) is 0 Å². The highest BCUT2D eigenvalue weighted by Crippen LogP contribution is 2.23. The molecule has 9 heteroatoms. The molecule has 0 saturated carbocycles. The molecular weight excluding hydrogens is 270 g/mol. The SMILES string of the molecule is NC(=O)CN(CC(N)=O)c1nc2sccn2c1C=O. The van der Waals surface area contributed by atoms with E-state index < -0.39 is 11.8 Å². The molecule has 0 aliphatic carbocycles. The van der Waals surface area contributed by atoms with Crippen molar-refractivity contribution < 1.29 is 14.4 Å². The number of nitrogens with two attached hydrogens (primary N) is 2. The quantitative estimate of drug-likeness (QED) is 0.656. The minimum Gasteiger partial charge on any atom is -0.368 e. The van der Waals surface area contributed by atoms with Crippen molar-refractivity contribution in [1.29, 1.82) is 0 Å². The number of anilines is 1. The fourth-order valence-electron chi connectivity index (χ4n) is 1.72. The van der Waals surface area contributed by atoms with Gasteiger partial charge in [-0.3, -0.25) is 18.8 Å². The number of rotatable bonds is 6. The van der Waals surface area contributed by atoms with Crippen LogP contribution in [0.25, 0.3) is 4.96 Å². The Bertz CT molecular complexity index is 631. The van der Waals surface area contributed by atoms with Gasteiger partial charge in [-0.05, 0) is 0 Å². The first kappa shape index (κ1) is 13.0. The molecule has 2 aromatic rings. The number of fused-ring (bicyclic) bond motifs is 1. The van der Waals surface area contributed by atoms with Crippen molar-refractivity contribution in [2.24, 2.45) is 11.5 Å². The van der Waals surface area contributed by atoms with Gasteiger partial charge in [-0.25, -0.2) is 4.98 Å². The molecule has 8 nitrogen and oxygen atoms in total. The summed E-state index contributed by atoms with van der Waals surface area (Å²) >= 11 is 1.33. The molecule has 0 aliphatic heterocycles. The highest BCUT2D eigenvalue weighted by atomic mass is 32.1. The molecule has 19 heavy (non-hydrogen) atoms.